The zero-order chi connectivity index (χ0) is 13.6. The molecule has 0 aliphatic carbocycles. The van der Waals surface area contributed by atoms with Crippen molar-refractivity contribution in [3.8, 4) is 0 Å². The summed E-state index contributed by atoms with van der Waals surface area (Å²) in [6.07, 6.45) is 3.89. The molecule has 1 spiro atoms. The Bertz CT molecular complexity index is 338. The van der Waals surface area contributed by atoms with Crippen molar-refractivity contribution in [2.24, 2.45) is 11.3 Å². The van der Waals surface area contributed by atoms with E-state index < -0.39 is 5.60 Å². The van der Waals surface area contributed by atoms with Crippen LogP contribution in [-0.4, -0.2) is 47.6 Å². The minimum atomic E-state index is -0.508. The molecule has 19 heavy (non-hydrogen) atoms. The van der Waals surface area contributed by atoms with Gasteiger partial charge >= 0.3 is 0 Å². The fourth-order valence-electron chi connectivity index (χ4n) is 4.05. The first-order chi connectivity index (χ1) is 8.93. The first-order valence-corrected chi connectivity index (χ1v) is 8.61. The maximum Gasteiger partial charge on any atom is 0.0940 e. The number of hydrogen-bond acceptors (Lipinski definition) is 4. The van der Waals surface area contributed by atoms with E-state index in [0.717, 1.165) is 57.0 Å². The maximum atomic E-state index is 11.2. The molecule has 0 aromatic heterocycles. The lowest BCUT2D eigenvalue weighted by atomic mass is 9.70. The predicted octanol–water partition coefficient (Wildman–Crippen LogP) is 2.47. The van der Waals surface area contributed by atoms with Gasteiger partial charge in [-0.25, -0.2) is 0 Å². The first kappa shape index (κ1) is 14.2. The molecular formula is C15H26O3S. The van der Waals surface area contributed by atoms with Crippen LogP contribution in [0.3, 0.4) is 0 Å². The lowest BCUT2D eigenvalue weighted by Crippen LogP contribution is -2.53. The van der Waals surface area contributed by atoms with Crippen LogP contribution in [0.25, 0.3) is 0 Å². The summed E-state index contributed by atoms with van der Waals surface area (Å²) in [4.78, 5) is 0. The van der Waals surface area contributed by atoms with Crippen molar-refractivity contribution in [2.75, 3.05) is 31.3 Å². The Hall–Kier alpha value is 0.230. The minimum absolute atomic E-state index is 0.0924. The summed E-state index contributed by atoms with van der Waals surface area (Å²) in [6.45, 7) is 6.86. The van der Waals surface area contributed by atoms with E-state index in [1.807, 2.05) is 11.8 Å². The van der Waals surface area contributed by atoms with Gasteiger partial charge in [-0.05, 0) is 36.3 Å². The average molecular weight is 286 g/mol. The fourth-order valence-corrected chi connectivity index (χ4v) is 5.49. The van der Waals surface area contributed by atoms with Gasteiger partial charge in [-0.1, -0.05) is 13.8 Å². The highest BCUT2D eigenvalue weighted by molar-refractivity contribution is 7.99. The van der Waals surface area contributed by atoms with E-state index in [4.69, 9.17) is 9.47 Å². The Morgan fingerprint density at radius 3 is 2.74 bits per heavy atom. The predicted molar refractivity (Wildman–Crippen MR) is 77.5 cm³/mol. The molecule has 0 saturated carbocycles. The lowest BCUT2D eigenvalue weighted by Gasteiger charge is -2.49. The quantitative estimate of drug-likeness (QED) is 0.804. The second-order valence-corrected chi connectivity index (χ2v) is 8.45. The Morgan fingerprint density at radius 2 is 2.05 bits per heavy atom. The van der Waals surface area contributed by atoms with Crippen molar-refractivity contribution in [1.82, 2.24) is 0 Å². The van der Waals surface area contributed by atoms with Gasteiger partial charge < -0.3 is 14.6 Å². The smallest absolute Gasteiger partial charge is 0.0940 e. The number of ether oxygens (including phenoxy) is 2. The summed E-state index contributed by atoms with van der Waals surface area (Å²) >= 11 is 1.91. The van der Waals surface area contributed by atoms with Gasteiger partial charge in [0.25, 0.3) is 0 Å². The van der Waals surface area contributed by atoms with Crippen molar-refractivity contribution in [2.45, 2.75) is 50.7 Å². The number of hydrogen-bond donors (Lipinski definition) is 1. The van der Waals surface area contributed by atoms with E-state index in [2.05, 4.69) is 13.8 Å². The van der Waals surface area contributed by atoms with Gasteiger partial charge in [0.15, 0.2) is 0 Å². The SMILES string of the molecule is CC1(C)CSCC(O)(C2CCOC3(CCOC3)C2)C1. The average Bonchev–Trinajstić information content (AvgIpc) is 2.76. The molecule has 3 nitrogen and oxygen atoms in total. The molecule has 3 fully saturated rings. The molecule has 4 heteroatoms. The zero-order valence-electron chi connectivity index (χ0n) is 12.1. The molecule has 3 unspecified atom stereocenters. The van der Waals surface area contributed by atoms with Crippen molar-refractivity contribution < 1.29 is 14.6 Å². The minimum Gasteiger partial charge on any atom is -0.389 e. The summed E-state index contributed by atoms with van der Waals surface area (Å²) < 4.78 is 11.5. The Labute approximate surface area is 120 Å². The molecule has 0 aromatic rings. The topological polar surface area (TPSA) is 38.7 Å². The van der Waals surface area contributed by atoms with Crippen LogP contribution in [0, 0.1) is 11.3 Å². The number of rotatable bonds is 1. The molecular weight excluding hydrogens is 260 g/mol. The van der Waals surface area contributed by atoms with Gasteiger partial charge in [-0.3, -0.25) is 0 Å². The number of aliphatic hydroxyl groups is 1. The van der Waals surface area contributed by atoms with Gasteiger partial charge in [0.05, 0.1) is 17.8 Å². The van der Waals surface area contributed by atoms with E-state index in [1.165, 1.54) is 0 Å². The standard InChI is InChI=1S/C15H26O3S/c1-13(2)8-15(16,11-19-10-13)12-3-5-18-14(7-12)4-6-17-9-14/h12,16H,3-11H2,1-2H3. The van der Waals surface area contributed by atoms with Crippen LogP contribution in [0.4, 0.5) is 0 Å². The summed E-state index contributed by atoms with van der Waals surface area (Å²) in [7, 11) is 0. The molecule has 3 heterocycles. The van der Waals surface area contributed by atoms with E-state index in [1.54, 1.807) is 0 Å². The van der Waals surface area contributed by atoms with E-state index in [-0.39, 0.29) is 11.0 Å². The van der Waals surface area contributed by atoms with Gasteiger partial charge in [0.1, 0.15) is 0 Å². The molecule has 0 amide bonds. The highest BCUT2D eigenvalue weighted by atomic mass is 32.2. The second kappa shape index (κ2) is 4.90. The third-order valence-corrected chi connectivity index (χ3v) is 6.64. The van der Waals surface area contributed by atoms with Crippen molar-refractivity contribution in [3.05, 3.63) is 0 Å². The Balaban J connectivity index is 1.73. The summed E-state index contributed by atoms with van der Waals surface area (Å²) in [6, 6.07) is 0. The van der Waals surface area contributed by atoms with E-state index in [9.17, 15) is 5.11 Å². The van der Waals surface area contributed by atoms with Crippen LogP contribution in [0.2, 0.25) is 0 Å². The number of thioether (sulfide) groups is 1. The molecule has 3 aliphatic heterocycles. The second-order valence-electron chi connectivity index (χ2n) is 7.46. The molecule has 0 bridgehead atoms. The monoisotopic (exact) mass is 286 g/mol. The lowest BCUT2D eigenvalue weighted by molar-refractivity contribution is -0.144. The van der Waals surface area contributed by atoms with Crippen molar-refractivity contribution in [1.29, 1.82) is 0 Å². The normalized spacial score (nSPS) is 46.6. The molecule has 3 aliphatic rings. The largest absolute Gasteiger partial charge is 0.389 e. The van der Waals surface area contributed by atoms with Crippen molar-refractivity contribution >= 4 is 11.8 Å². The molecule has 3 atom stereocenters. The van der Waals surface area contributed by atoms with E-state index in [0.29, 0.717) is 5.92 Å². The third-order valence-electron chi connectivity index (χ3n) is 4.95. The van der Waals surface area contributed by atoms with Crippen LogP contribution >= 0.6 is 11.8 Å². The van der Waals surface area contributed by atoms with E-state index >= 15 is 0 Å². The van der Waals surface area contributed by atoms with Crippen LogP contribution in [0.5, 0.6) is 0 Å². The molecule has 110 valence electrons. The first-order valence-electron chi connectivity index (χ1n) is 7.45. The van der Waals surface area contributed by atoms with Gasteiger partial charge in [0.2, 0.25) is 0 Å². The van der Waals surface area contributed by atoms with Crippen molar-refractivity contribution in [3.63, 3.8) is 0 Å². The molecule has 0 aromatic carbocycles. The molecule has 1 N–H and O–H groups in total. The third kappa shape index (κ3) is 2.82. The maximum absolute atomic E-state index is 11.2. The van der Waals surface area contributed by atoms with Gasteiger partial charge in [-0.2, -0.15) is 11.8 Å². The molecule has 3 saturated heterocycles. The Morgan fingerprint density at radius 1 is 1.21 bits per heavy atom. The van der Waals surface area contributed by atoms with Crippen LogP contribution in [0.15, 0.2) is 0 Å². The highest BCUT2D eigenvalue weighted by Gasteiger charge is 2.50. The van der Waals surface area contributed by atoms with Crippen LogP contribution in [0.1, 0.15) is 39.5 Å². The Kier molecular flexibility index (Phi) is 3.66. The zero-order valence-corrected chi connectivity index (χ0v) is 12.9. The molecule has 0 radical (unpaired) electrons. The van der Waals surface area contributed by atoms with Crippen LogP contribution in [-0.2, 0) is 9.47 Å². The fraction of sp³-hybridized carbons (Fsp3) is 1.00. The molecule has 3 rings (SSSR count). The van der Waals surface area contributed by atoms with Gasteiger partial charge in [-0.15, -0.1) is 0 Å². The summed E-state index contributed by atoms with van der Waals surface area (Å²) in [5.41, 5.74) is -0.355. The summed E-state index contributed by atoms with van der Waals surface area (Å²) in [5.74, 6) is 2.42. The summed E-state index contributed by atoms with van der Waals surface area (Å²) in [5, 5.41) is 11.2. The van der Waals surface area contributed by atoms with Gasteiger partial charge in [0, 0.05) is 25.4 Å². The highest BCUT2D eigenvalue weighted by Crippen LogP contribution is 2.48. The van der Waals surface area contributed by atoms with Crippen LogP contribution < -0.4 is 0 Å².